The van der Waals surface area contributed by atoms with Crippen LogP contribution in [0.25, 0.3) is 122 Å². The van der Waals surface area contributed by atoms with Crippen LogP contribution in [-0.4, -0.2) is 19.9 Å². The highest BCUT2D eigenvalue weighted by Gasteiger charge is 2.19. The summed E-state index contributed by atoms with van der Waals surface area (Å²) in [6, 6.07) is 85.4. The second-order valence-corrected chi connectivity index (χ2v) is 16.6. The molecule has 0 N–H and O–H groups in total. The molecule has 12 aromatic rings. The highest BCUT2D eigenvalue weighted by Crippen LogP contribution is 2.42. The van der Waals surface area contributed by atoms with Crippen molar-refractivity contribution in [1.82, 2.24) is 19.9 Å². The quantitative estimate of drug-likeness (QED) is 0.143. The fraction of sp³-hybridized carbons (Fsp3) is 0. The van der Waals surface area contributed by atoms with Gasteiger partial charge in [0.1, 0.15) is 0 Å². The molecule has 2 aromatic heterocycles. The molecule has 0 spiro atoms. The van der Waals surface area contributed by atoms with Crippen LogP contribution in [0, 0.1) is 0 Å². The molecular weight excluding hydrogens is 801 g/mol. The molecule has 4 nitrogen and oxygen atoms in total. The predicted octanol–water partition coefficient (Wildman–Crippen LogP) is 16.1. The molecular formula is C62H40N4. The van der Waals surface area contributed by atoms with Crippen LogP contribution in [0.5, 0.6) is 0 Å². The molecule has 0 radical (unpaired) electrons. The normalized spacial score (nSPS) is 11.3. The van der Waals surface area contributed by atoms with E-state index in [0.29, 0.717) is 11.6 Å². The average Bonchev–Trinajstić information content (AvgIpc) is 3.41. The van der Waals surface area contributed by atoms with Crippen LogP contribution in [0.3, 0.4) is 0 Å². The number of hydrogen-bond acceptors (Lipinski definition) is 4. The van der Waals surface area contributed by atoms with Crippen molar-refractivity contribution in [2.45, 2.75) is 0 Å². The van der Waals surface area contributed by atoms with Crippen molar-refractivity contribution in [3.63, 3.8) is 0 Å². The summed E-state index contributed by atoms with van der Waals surface area (Å²) in [4.78, 5) is 20.9. The molecule has 0 aliphatic rings. The molecule has 0 bridgehead atoms. The molecule has 0 unspecified atom stereocenters. The number of aromatic nitrogens is 4. The summed E-state index contributed by atoms with van der Waals surface area (Å²) in [5.74, 6) is 1.36. The Hall–Kier alpha value is -8.86. The number of fused-ring (bicyclic) bond motifs is 4. The van der Waals surface area contributed by atoms with E-state index in [-0.39, 0.29) is 0 Å². The van der Waals surface area contributed by atoms with Gasteiger partial charge in [-0.05, 0) is 84.9 Å². The molecule has 12 rings (SSSR count). The maximum absolute atomic E-state index is 5.37. The lowest BCUT2D eigenvalue weighted by Gasteiger charge is -2.17. The van der Waals surface area contributed by atoms with Gasteiger partial charge in [-0.25, -0.2) is 19.9 Å². The molecule has 10 aromatic carbocycles. The van der Waals surface area contributed by atoms with Crippen LogP contribution < -0.4 is 0 Å². The number of nitrogens with zero attached hydrogens (tertiary/aromatic N) is 4. The highest BCUT2D eigenvalue weighted by molar-refractivity contribution is 6.09. The summed E-state index contributed by atoms with van der Waals surface area (Å²) in [6.07, 6.45) is 0. The third-order valence-electron chi connectivity index (χ3n) is 12.5. The third kappa shape index (κ3) is 7.36. The molecule has 2 heterocycles. The van der Waals surface area contributed by atoms with E-state index in [1.165, 1.54) is 32.3 Å². The van der Waals surface area contributed by atoms with E-state index in [0.717, 1.165) is 78.4 Å². The SMILES string of the molecule is c1ccc(-c2cc(-c3ccccc3-c3ccc(-c4cc(-c5ccc6ccccc6c5)nc(-c5ccccc5)n4)c(-c4ccc5c(ccc6ccccc65)c4)c3)nc(-c3ccccc3)n2)cc1. The van der Waals surface area contributed by atoms with Crippen LogP contribution in [0.2, 0.25) is 0 Å². The lowest BCUT2D eigenvalue weighted by molar-refractivity contribution is 1.18. The van der Waals surface area contributed by atoms with Gasteiger partial charge >= 0.3 is 0 Å². The zero-order valence-electron chi connectivity index (χ0n) is 35.9. The van der Waals surface area contributed by atoms with Gasteiger partial charge in [0.25, 0.3) is 0 Å². The maximum Gasteiger partial charge on any atom is 0.160 e. The lowest BCUT2D eigenvalue weighted by Crippen LogP contribution is -1.98. The van der Waals surface area contributed by atoms with Gasteiger partial charge in [0.15, 0.2) is 11.6 Å². The van der Waals surface area contributed by atoms with Crippen LogP contribution in [0.4, 0.5) is 0 Å². The van der Waals surface area contributed by atoms with Crippen molar-refractivity contribution < 1.29 is 0 Å². The Labute approximate surface area is 383 Å². The second kappa shape index (κ2) is 16.7. The molecule has 0 saturated carbocycles. The first kappa shape index (κ1) is 38.8. The van der Waals surface area contributed by atoms with E-state index < -0.39 is 0 Å². The van der Waals surface area contributed by atoms with E-state index >= 15 is 0 Å². The van der Waals surface area contributed by atoms with Gasteiger partial charge in [0.2, 0.25) is 0 Å². The van der Waals surface area contributed by atoms with Gasteiger partial charge in [0.05, 0.1) is 22.8 Å². The minimum atomic E-state index is 0.675. The van der Waals surface area contributed by atoms with E-state index in [4.69, 9.17) is 19.9 Å². The third-order valence-corrected chi connectivity index (χ3v) is 12.5. The van der Waals surface area contributed by atoms with Crippen molar-refractivity contribution >= 4 is 32.3 Å². The van der Waals surface area contributed by atoms with Gasteiger partial charge in [-0.2, -0.15) is 0 Å². The lowest BCUT2D eigenvalue weighted by atomic mass is 9.89. The highest BCUT2D eigenvalue weighted by atomic mass is 14.9. The first-order chi connectivity index (χ1) is 32.7. The topological polar surface area (TPSA) is 51.6 Å². The van der Waals surface area contributed by atoms with Gasteiger partial charge in [-0.3, -0.25) is 0 Å². The van der Waals surface area contributed by atoms with Gasteiger partial charge in [0, 0.05) is 33.4 Å². The molecule has 0 fully saturated rings. The summed E-state index contributed by atoms with van der Waals surface area (Å²) < 4.78 is 0. The van der Waals surface area contributed by atoms with Crippen molar-refractivity contribution in [1.29, 1.82) is 0 Å². The minimum absolute atomic E-state index is 0.675. The van der Waals surface area contributed by atoms with Gasteiger partial charge in [-0.15, -0.1) is 0 Å². The van der Waals surface area contributed by atoms with E-state index in [1.807, 2.05) is 42.5 Å². The minimum Gasteiger partial charge on any atom is -0.228 e. The monoisotopic (exact) mass is 840 g/mol. The predicted molar refractivity (Wildman–Crippen MR) is 274 cm³/mol. The fourth-order valence-electron chi connectivity index (χ4n) is 9.17. The Morgan fingerprint density at radius 3 is 1.33 bits per heavy atom. The standard InChI is InChI=1S/C62H40N4/c1-4-18-43(19-5-1)57-39-59(65-61(63-57)44-20-6-2-7-21-44)54-27-15-14-26-52(54)49-33-35-55(56(38-49)48-32-34-53-47(37-48)30-29-42-17-12-13-25-51(42)53)60-40-58(64-62(66-60)45-22-8-3-9-23-45)50-31-28-41-16-10-11-24-46(41)36-50/h1-40H. The summed E-state index contributed by atoms with van der Waals surface area (Å²) in [5, 5.41) is 7.22. The first-order valence-corrected chi connectivity index (χ1v) is 22.3. The number of hydrogen-bond donors (Lipinski definition) is 0. The molecule has 0 aliphatic heterocycles. The van der Waals surface area contributed by atoms with Crippen LogP contribution in [-0.2, 0) is 0 Å². The largest absolute Gasteiger partial charge is 0.228 e. The number of benzene rings is 10. The molecule has 0 aliphatic carbocycles. The van der Waals surface area contributed by atoms with Crippen LogP contribution in [0.15, 0.2) is 243 Å². The van der Waals surface area contributed by atoms with Crippen molar-refractivity contribution in [2.24, 2.45) is 0 Å². The summed E-state index contributed by atoms with van der Waals surface area (Å²) in [5.41, 5.74) is 13.8. The summed E-state index contributed by atoms with van der Waals surface area (Å²) in [7, 11) is 0. The summed E-state index contributed by atoms with van der Waals surface area (Å²) in [6.45, 7) is 0. The Kier molecular flexibility index (Phi) is 9.81. The van der Waals surface area contributed by atoms with Crippen molar-refractivity contribution in [2.75, 3.05) is 0 Å². The summed E-state index contributed by atoms with van der Waals surface area (Å²) >= 11 is 0. The first-order valence-electron chi connectivity index (χ1n) is 22.3. The fourth-order valence-corrected chi connectivity index (χ4v) is 9.17. The second-order valence-electron chi connectivity index (χ2n) is 16.6. The number of rotatable bonds is 8. The molecule has 4 heteroatoms. The molecule has 0 amide bonds. The Morgan fingerprint density at radius 2 is 0.636 bits per heavy atom. The van der Waals surface area contributed by atoms with E-state index in [2.05, 4.69) is 200 Å². The molecule has 0 atom stereocenters. The zero-order valence-corrected chi connectivity index (χ0v) is 35.9. The Balaban J connectivity index is 1.07. The zero-order chi connectivity index (χ0) is 43.8. The molecule has 0 saturated heterocycles. The van der Waals surface area contributed by atoms with Crippen LogP contribution in [0.1, 0.15) is 0 Å². The molecule has 308 valence electrons. The van der Waals surface area contributed by atoms with Crippen molar-refractivity contribution in [3.8, 4) is 90.1 Å². The maximum atomic E-state index is 5.37. The van der Waals surface area contributed by atoms with E-state index in [9.17, 15) is 0 Å². The Morgan fingerprint density at radius 1 is 0.197 bits per heavy atom. The van der Waals surface area contributed by atoms with Gasteiger partial charge < -0.3 is 0 Å². The molecule has 66 heavy (non-hydrogen) atoms. The van der Waals surface area contributed by atoms with E-state index in [1.54, 1.807) is 0 Å². The van der Waals surface area contributed by atoms with Crippen molar-refractivity contribution in [3.05, 3.63) is 243 Å². The Bertz CT molecular complexity index is 3700. The van der Waals surface area contributed by atoms with Crippen LogP contribution >= 0.6 is 0 Å². The smallest absolute Gasteiger partial charge is 0.160 e. The average molecular weight is 841 g/mol. The van der Waals surface area contributed by atoms with Gasteiger partial charge in [-0.1, -0.05) is 212 Å².